The van der Waals surface area contributed by atoms with Crippen molar-refractivity contribution >= 4 is 23.4 Å². The van der Waals surface area contributed by atoms with Gasteiger partial charge in [-0.1, -0.05) is 44.6 Å². The molecule has 14 atom stereocenters. The molecule has 14 heteroatoms. The number of nitrogens with zero attached hydrogens (tertiary/aromatic N) is 1. The summed E-state index contributed by atoms with van der Waals surface area (Å²) in [7, 11) is 4.61. The first-order valence-corrected chi connectivity index (χ1v) is 20.9. The normalized spacial score (nSPS) is 39.6. The molecule has 0 radical (unpaired) electrons. The van der Waals surface area contributed by atoms with Crippen LogP contribution in [0, 0.1) is 37.0 Å². The first-order chi connectivity index (χ1) is 27.0. The molecule has 59 heavy (non-hydrogen) atoms. The second-order valence-corrected chi connectivity index (χ2v) is 17.3. The molecule has 3 N–H and O–H groups in total. The Hall–Kier alpha value is -2.04. The predicted octanol–water partition coefficient (Wildman–Crippen LogP) is 5.09. The SMILES string of the molecule is C=CC[C@@H]1/C=C(\C)C[C@@H](C)C[C@H](OC)[C@H]2O[C@@](O)(C(=O)C(=O)N3CCCCC3C(=O)O[C@H](/C(C)=C/[C@@H]3CC[C@@H](O)[C@H](OC)C3)[C@H](C)[C@@H](O)CC1=O)[C@H](C)C[C@@H]2OC.[Ag+].[CH3-]. The number of allylic oxidation sites excluding steroid dienone is 4. The van der Waals surface area contributed by atoms with Gasteiger partial charge in [0, 0.05) is 52.0 Å². The number of Topliss-reactive ketones (excluding diaryl/α,β-unsaturated/α-hetero) is 2. The Labute approximate surface area is 368 Å². The van der Waals surface area contributed by atoms with Crippen LogP contribution in [0.3, 0.4) is 0 Å². The van der Waals surface area contributed by atoms with E-state index in [1.54, 1.807) is 27.0 Å². The fraction of sp³-hybridized carbons (Fsp3) is 0.756. The van der Waals surface area contributed by atoms with E-state index in [1.807, 2.05) is 32.9 Å². The fourth-order valence-electron chi connectivity index (χ4n) is 9.42. The average Bonchev–Trinajstić information content (AvgIpc) is 3.18. The molecule has 3 fully saturated rings. The topological polar surface area (TPSA) is 178 Å². The number of rotatable bonds is 7. The number of cyclic esters (lactones) is 1. The molecule has 13 nitrogen and oxygen atoms in total. The molecule has 3 heterocycles. The van der Waals surface area contributed by atoms with E-state index in [4.69, 9.17) is 23.7 Å². The van der Waals surface area contributed by atoms with Crippen molar-refractivity contribution in [3.05, 3.63) is 43.4 Å². The van der Waals surface area contributed by atoms with Gasteiger partial charge in [0.2, 0.25) is 5.79 Å². The van der Waals surface area contributed by atoms with Crippen LogP contribution in [0.15, 0.2) is 36.0 Å². The third-order valence-corrected chi connectivity index (χ3v) is 12.9. The minimum Gasteiger partial charge on any atom is -0.456 e. The van der Waals surface area contributed by atoms with Crippen LogP contribution < -0.4 is 0 Å². The average molecular weight is 927 g/mol. The number of fused-ring (bicyclic) bond motifs is 3. The van der Waals surface area contributed by atoms with E-state index in [-0.39, 0.29) is 79.3 Å². The maximum absolute atomic E-state index is 14.3. The van der Waals surface area contributed by atoms with Gasteiger partial charge in [-0.05, 0) is 95.5 Å². The van der Waals surface area contributed by atoms with Gasteiger partial charge in [0.05, 0.1) is 30.5 Å². The molecule has 1 unspecified atom stereocenters. The van der Waals surface area contributed by atoms with Gasteiger partial charge in [-0.15, -0.1) is 6.58 Å². The minimum absolute atomic E-state index is 0. The van der Waals surface area contributed by atoms with Crippen LogP contribution in [0.4, 0.5) is 0 Å². The molecule has 0 aromatic carbocycles. The smallest absolute Gasteiger partial charge is 0.456 e. The quantitative estimate of drug-likeness (QED) is 0.102. The van der Waals surface area contributed by atoms with E-state index in [1.165, 1.54) is 19.1 Å². The van der Waals surface area contributed by atoms with Gasteiger partial charge in [0.15, 0.2) is 0 Å². The molecule has 1 amide bonds. The Morgan fingerprint density at radius 1 is 0.932 bits per heavy atom. The van der Waals surface area contributed by atoms with Crippen LogP contribution in [0.25, 0.3) is 0 Å². The molecule has 0 aromatic rings. The molecule has 4 rings (SSSR count). The Morgan fingerprint density at radius 2 is 1.58 bits per heavy atom. The second kappa shape index (κ2) is 24.0. The number of piperidine rings is 1. The molecule has 2 saturated heterocycles. The molecule has 4 aliphatic rings. The summed E-state index contributed by atoms with van der Waals surface area (Å²) in [5.74, 6) is -7.76. The Morgan fingerprint density at radius 3 is 2.20 bits per heavy atom. The van der Waals surface area contributed by atoms with Crippen molar-refractivity contribution in [1.82, 2.24) is 4.90 Å². The number of esters is 1. The standard InChI is InChI=1S/C44H69NO12.CH3.Ag/c1-10-13-31-19-25(2)18-26(3)20-37(54-8)40-38(55-9)22-28(5)44(52,57-40)41(49)42(50)45-17-12-11-14-32(45)43(51)56-39(29(6)34(47)24-35(31)48)27(4)21-30-15-16-33(46)36(23-30)53-7;;/h10,19,21,26,28-34,36-40,46-47,52H,1,11-18,20,22-24H2,2-9H3;1H3;/q;-1;+1/b25-19+,27-21+;;/t26-,28-,29-,30+,31-,32?,33-,34+,36-,37+,38+,39-,40-,44-;;/m1../s1. The van der Waals surface area contributed by atoms with Crippen LogP contribution in [-0.4, -0.2) is 126 Å². The monoisotopic (exact) mass is 925 g/mol. The van der Waals surface area contributed by atoms with Gasteiger partial charge < -0.3 is 51.3 Å². The molecular formula is C45H72AgNO12. The van der Waals surface area contributed by atoms with Gasteiger partial charge in [-0.25, -0.2) is 4.79 Å². The van der Waals surface area contributed by atoms with Crippen molar-refractivity contribution in [2.75, 3.05) is 27.9 Å². The van der Waals surface area contributed by atoms with E-state index in [0.29, 0.717) is 56.9 Å². The number of aliphatic hydroxyl groups excluding tert-OH is 2. The number of carbonyl (C=O) groups excluding carboxylic acids is 4. The first kappa shape index (κ1) is 53.1. The number of amides is 1. The summed E-state index contributed by atoms with van der Waals surface area (Å²) in [6.07, 6.45) is 4.93. The van der Waals surface area contributed by atoms with Crippen molar-refractivity contribution in [3.63, 3.8) is 0 Å². The summed E-state index contributed by atoms with van der Waals surface area (Å²) in [5.41, 5.74) is 1.61. The number of ketones is 2. The molecule has 1 saturated carbocycles. The van der Waals surface area contributed by atoms with E-state index >= 15 is 0 Å². The molecule has 3 aliphatic heterocycles. The molecule has 0 spiro atoms. The summed E-state index contributed by atoms with van der Waals surface area (Å²) in [6, 6.07) is -1.14. The van der Waals surface area contributed by atoms with E-state index in [2.05, 4.69) is 6.58 Å². The Kier molecular flexibility index (Phi) is 21.6. The maximum atomic E-state index is 14.3. The minimum atomic E-state index is -2.51. The van der Waals surface area contributed by atoms with Gasteiger partial charge in [0.1, 0.15) is 24.0 Å². The van der Waals surface area contributed by atoms with Crippen LogP contribution in [0.2, 0.25) is 0 Å². The van der Waals surface area contributed by atoms with Gasteiger partial charge in [0.25, 0.3) is 11.7 Å². The zero-order valence-corrected chi connectivity index (χ0v) is 38.2. The summed E-state index contributed by atoms with van der Waals surface area (Å²) in [5, 5.41) is 34.1. The van der Waals surface area contributed by atoms with Crippen molar-refractivity contribution in [2.24, 2.45) is 29.6 Å². The van der Waals surface area contributed by atoms with Crippen molar-refractivity contribution < 1.29 is 80.6 Å². The first-order valence-electron chi connectivity index (χ1n) is 20.9. The zero-order chi connectivity index (χ0) is 42.2. The van der Waals surface area contributed by atoms with Crippen LogP contribution in [-0.2, 0) is 65.2 Å². The second-order valence-electron chi connectivity index (χ2n) is 17.3. The number of ether oxygens (including phenoxy) is 5. The van der Waals surface area contributed by atoms with Crippen LogP contribution in [0.1, 0.15) is 105 Å². The molecule has 1 aliphatic carbocycles. The van der Waals surface area contributed by atoms with Crippen LogP contribution in [0.5, 0.6) is 0 Å². The van der Waals surface area contributed by atoms with Gasteiger partial charge in [-0.2, -0.15) is 0 Å². The number of aliphatic hydroxyl groups is 3. The number of hydrogen-bond donors (Lipinski definition) is 3. The summed E-state index contributed by atoms with van der Waals surface area (Å²) in [4.78, 5) is 57.8. The van der Waals surface area contributed by atoms with E-state index in [0.717, 1.165) is 5.57 Å². The predicted molar refractivity (Wildman–Crippen MR) is 219 cm³/mol. The zero-order valence-electron chi connectivity index (χ0n) is 36.7. The maximum Gasteiger partial charge on any atom is 1.00 e. The van der Waals surface area contributed by atoms with E-state index < -0.39 is 83.9 Å². The van der Waals surface area contributed by atoms with Gasteiger partial charge >= 0.3 is 28.3 Å². The number of carbonyl (C=O) groups is 4. The summed E-state index contributed by atoms with van der Waals surface area (Å²) < 4.78 is 29.7. The number of hydrogen-bond acceptors (Lipinski definition) is 12. The largest absolute Gasteiger partial charge is 1.00 e. The number of methoxy groups -OCH3 is 3. The third-order valence-electron chi connectivity index (χ3n) is 12.9. The summed E-state index contributed by atoms with van der Waals surface area (Å²) in [6.45, 7) is 13.1. The molecule has 0 aromatic heterocycles. The molecule has 2 bridgehead atoms. The molecule has 340 valence electrons. The van der Waals surface area contributed by atoms with Crippen molar-refractivity contribution in [3.8, 4) is 0 Å². The fourth-order valence-corrected chi connectivity index (χ4v) is 9.42. The van der Waals surface area contributed by atoms with Crippen molar-refractivity contribution in [1.29, 1.82) is 0 Å². The Bertz CT molecular complexity index is 1490. The van der Waals surface area contributed by atoms with Crippen LogP contribution >= 0.6 is 0 Å². The Balaban J connectivity index is 0.00000600. The van der Waals surface area contributed by atoms with E-state index in [9.17, 15) is 34.5 Å². The molecular weight excluding hydrogens is 854 g/mol. The third kappa shape index (κ3) is 13.0. The summed E-state index contributed by atoms with van der Waals surface area (Å²) >= 11 is 0. The van der Waals surface area contributed by atoms with Gasteiger partial charge in [-0.3, -0.25) is 14.4 Å². The van der Waals surface area contributed by atoms with Crippen molar-refractivity contribution in [2.45, 2.75) is 160 Å².